The Labute approximate surface area is 216 Å². The average Bonchev–Trinajstić information content (AvgIpc) is 2.85. The summed E-state index contributed by atoms with van der Waals surface area (Å²) in [6.07, 6.45) is 11.7. The normalized spacial score (nSPS) is 10.9. The second-order valence-corrected chi connectivity index (χ2v) is 9.57. The van der Waals surface area contributed by atoms with Crippen molar-refractivity contribution in [2.24, 2.45) is 0 Å². The minimum absolute atomic E-state index is 0.453. The minimum atomic E-state index is 0.453. The summed E-state index contributed by atoms with van der Waals surface area (Å²) >= 11 is 14.0. The molecule has 4 aromatic heterocycles. The van der Waals surface area contributed by atoms with E-state index in [2.05, 4.69) is 0 Å². The van der Waals surface area contributed by atoms with Crippen LogP contribution in [0, 0.1) is 0 Å². The zero-order chi connectivity index (χ0) is 25.3. The topological polar surface area (TPSA) is 34.2 Å². The molecule has 0 unspecified atom stereocenters. The van der Waals surface area contributed by atoms with Gasteiger partial charge >= 0.3 is 11.6 Å². The number of anilines is 3. The highest BCUT2D eigenvalue weighted by molar-refractivity contribution is 6.38. The third-order valence-corrected chi connectivity index (χ3v) is 6.45. The van der Waals surface area contributed by atoms with Gasteiger partial charge in [-0.3, -0.25) is 0 Å². The quantitative estimate of drug-likeness (QED) is 0.372. The van der Waals surface area contributed by atoms with E-state index < -0.39 is 0 Å². The Bertz CT molecular complexity index is 1240. The monoisotopic (exact) mass is 510 g/mol. The highest BCUT2D eigenvalue weighted by Crippen LogP contribution is 2.30. The van der Waals surface area contributed by atoms with Gasteiger partial charge in [0.15, 0.2) is 12.4 Å². The molecule has 0 aliphatic carbocycles. The molecule has 0 spiro atoms. The average molecular weight is 511 g/mol. The molecule has 0 amide bonds. The number of nitrogens with zero attached hydrogens (tertiary/aromatic N) is 7. The maximum Gasteiger partial charge on any atom is 0.358 e. The largest absolute Gasteiger partial charge is 0.377 e. The first kappa shape index (κ1) is 24.7. The molecule has 0 saturated heterocycles. The van der Waals surface area contributed by atoms with Crippen LogP contribution in [0.2, 0.25) is 10.0 Å². The molecule has 0 aromatic carbocycles. The van der Waals surface area contributed by atoms with E-state index in [-0.39, 0.29) is 0 Å². The summed E-state index contributed by atoms with van der Waals surface area (Å²) in [6.45, 7) is 0. The summed E-state index contributed by atoms with van der Waals surface area (Å²) in [7, 11) is 12.0. The van der Waals surface area contributed by atoms with Gasteiger partial charge in [-0.1, -0.05) is 23.2 Å². The highest BCUT2D eigenvalue weighted by atomic mass is 35.5. The van der Waals surface area contributed by atoms with Gasteiger partial charge < -0.3 is 14.7 Å². The summed E-state index contributed by atoms with van der Waals surface area (Å²) < 4.78 is 5.74. The number of pyridine rings is 4. The van der Waals surface area contributed by atoms with Gasteiger partial charge in [0.1, 0.15) is 0 Å². The van der Waals surface area contributed by atoms with Crippen LogP contribution in [0.25, 0.3) is 17.3 Å². The lowest BCUT2D eigenvalue weighted by molar-refractivity contribution is -0.617. The third-order valence-electron chi connectivity index (χ3n) is 5.75. The lowest BCUT2D eigenvalue weighted by atomic mass is 10.3. The maximum atomic E-state index is 6.99. The van der Waals surface area contributed by atoms with Crippen molar-refractivity contribution in [3.05, 3.63) is 83.6 Å². The van der Waals surface area contributed by atoms with Crippen molar-refractivity contribution in [1.82, 2.24) is 4.98 Å². The fourth-order valence-electron chi connectivity index (χ4n) is 3.66. The Balaban J connectivity index is 1.93. The van der Waals surface area contributed by atoms with Crippen LogP contribution in [0.4, 0.5) is 17.1 Å². The van der Waals surface area contributed by atoms with E-state index in [1.54, 1.807) is 0 Å². The summed E-state index contributed by atoms with van der Waals surface area (Å²) in [6, 6.07) is 12.1. The molecule has 180 valence electrons. The lowest BCUT2D eigenvalue weighted by Gasteiger charge is -2.13. The van der Waals surface area contributed by atoms with Gasteiger partial charge in [-0.15, -0.1) is 0 Å². The zero-order valence-corrected chi connectivity index (χ0v) is 22.3. The first-order chi connectivity index (χ1) is 16.7. The van der Waals surface area contributed by atoms with Crippen LogP contribution in [0.1, 0.15) is 0 Å². The van der Waals surface area contributed by atoms with Crippen LogP contribution in [0.3, 0.4) is 0 Å². The number of aromatic nitrogens is 4. The molecule has 0 bridgehead atoms. The van der Waals surface area contributed by atoms with Gasteiger partial charge in [0.05, 0.1) is 24.8 Å². The fraction of sp³-hybridized carbons (Fsp3) is 0.231. The van der Waals surface area contributed by atoms with Gasteiger partial charge in [0, 0.05) is 101 Å². The van der Waals surface area contributed by atoms with Gasteiger partial charge in [-0.2, -0.15) is 4.57 Å². The van der Waals surface area contributed by atoms with E-state index >= 15 is 0 Å². The Morgan fingerprint density at radius 2 is 0.800 bits per heavy atom. The van der Waals surface area contributed by atoms with Gasteiger partial charge in [0.25, 0.3) is 5.69 Å². The Hall–Kier alpha value is -3.42. The first-order valence-electron chi connectivity index (χ1n) is 11.1. The van der Waals surface area contributed by atoms with Crippen LogP contribution in [-0.4, -0.2) is 47.3 Å². The van der Waals surface area contributed by atoms with E-state index in [0.29, 0.717) is 27.4 Å². The summed E-state index contributed by atoms with van der Waals surface area (Å²) in [4.78, 5) is 11.0. The number of halogens is 2. The molecule has 0 atom stereocenters. The van der Waals surface area contributed by atoms with Crippen molar-refractivity contribution in [3.8, 4) is 17.3 Å². The van der Waals surface area contributed by atoms with E-state index in [4.69, 9.17) is 28.2 Å². The number of hydrogen-bond donors (Lipinski definition) is 0. The SMILES string of the molecule is CN(C)c1cc[n+](-c2nc(-[n+]3ccc(N(C)C)cc3)c(Cl)c(-[n+]3ccc(N(C)C)cc3)c2Cl)cc1. The van der Waals surface area contributed by atoms with Gasteiger partial charge in [0.2, 0.25) is 10.0 Å². The Morgan fingerprint density at radius 3 is 1.09 bits per heavy atom. The molecule has 7 nitrogen and oxygen atoms in total. The molecular weight excluding hydrogens is 481 g/mol. The number of hydrogen-bond acceptors (Lipinski definition) is 4. The maximum absolute atomic E-state index is 6.99. The molecule has 35 heavy (non-hydrogen) atoms. The summed E-state index contributed by atoms with van der Waals surface area (Å²) in [5.41, 5.74) is 3.89. The first-order valence-corrected chi connectivity index (χ1v) is 11.9. The zero-order valence-electron chi connectivity index (χ0n) is 20.8. The molecule has 0 radical (unpaired) electrons. The van der Waals surface area contributed by atoms with Crippen LogP contribution in [0.15, 0.2) is 73.6 Å². The molecule has 0 aliphatic heterocycles. The second kappa shape index (κ2) is 10.1. The van der Waals surface area contributed by atoms with Crippen molar-refractivity contribution in [1.29, 1.82) is 0 Å². The van der Waals surface area contributed by atoms with E-state index in [1.807, 2.05) is 144 Å². The van der Waals surface area contributed by atoms with Crippen LogP contribution in [0.5, 0.6) is 0 Å². The molecule has 9 heteroatoms. The molecule has 0 saturated carbocycles. The van der Waals surface area contributed by atoms with Gasteiger partial charge in [-0.25, -0.2) is 9.13 Å². The minimum Gasteiger partial charge on any atom is -0.377 e. The standard InChI is InChI=1S/C26H30Cl2N7/c1-30(2)19-7-13-33(14-8-19)24-22(27)25(34-15-9-20(10-16-34)31(3)4)29-26(23(24)28)35-17-11-21(12-18-35)32(5)6/h7-18H,1-6H3/q+3. The summed E-state index contributed by atoms with van der Waals surface area (Å²) in [5.74, 6) is 1.17. The predicted molar refractivity (Wildman–Crippen MR) is 142 cm³/mol. The van der Waals surface area contributed by atoms with Crippen molar-refractivity contribution in [2.45, 2.75) is 0 Å². The molecule has 4 heterocycles. The van der Waals surface area contributed by atoms with E-state index in [9.17, 15) is 0 Å². The molecule has 0 fully saturated rings. The van der Waals surface area contributed by atoms with Crippen LogP contribution >= 0.6 is 23.2 Å². The van der Waals surface area contributed by atoms with Crippen molar-refractivity contribution in [3.63, 3.8) is 0 Å². The Kier molecular flexibility index (Phi) is 7.10. The highest BCUT2D eigenvalue weighted by Gasteiger charge is 2.34. The second-order valence-electron chi connectivity index (χ2n) is 8.81. The fourth-order valence-corrected chi connectivity index (χ4v) is 4.37. The van der Waals surface area contributed by atoms with E-state index in [1.165, 1.54) is 0 Å². The summed E-state index contributed by atoms with van der Waals surface area (Å²) in [5, 5.41) is 0.906. The van der Waals surface area contributed by atoms with Crippen molar-refractivity contribution >= 4 is 40.3 Å². The smallest absolute Gasteiger partial charge is 0.358 e. The molecule has 0 aliphatic rings. The number of rotatable bonds is 6. The third kappa shape index (κ3) is 5.01. The van der Waals surface area contributed by atoms with Crippen molar-refractivity contribution in [2.75, 3.05) is 57.0 Å². The van der Waals surface area contributed by atoms with Crippen molar-refractivity contribution < 1.29 is 13.7 Å². The lowest BCUT2D eigenvalue weighted by Crippen LogP contribution is -2.40. The van der Waals surface area contributed by atoms with Gasteiger partial charge in [-0.05, 0) is 0 Å². The predicted octanol–water partition coefficient (Wildman–Crippen LogP) is 3.42. The van der Waals surface area contributed by atoms with E-state index in [0.717, 1.165) is 17.1 Å². The molecular formula is C26H30Cl2N7+3. The van der Waals surface area contributed by atoms with Crippen LogP contribution < -0.4 is 28.4 Å². The Morgan fingerprint density at radius 1 is 0.514 bits per heavy atom. The van der Waals surface area contributed by atoms with Crippen LogP contribution in [-0.2, 0) is 0 Å². The molecule has 4 rings (SSSR count). The molecule has 0 N–H and O–H groups in total. The molecule has 4 aromatic rings.